The van der Waals surface area contributed by atoms with E-state index in [1.165, 1.54) is 6.07 Å². The van der Waals surface area contributed by atoms with Crippen LogP contribution in [-0.4, -0.2) is 37.5 Å². The molecule has 1 rings (SSSR count). The van der Waals surface area contributed by atoms with Gasteiger partial charge in [0.2, 0.25) is 5.91 Å². The lowest BCUT2D eigenvalue weighted by Gasteiger charge is -2.08. The molecule has 0 aliphatic heterocycles. The predicted molar refractivity (Wildman–Crippen MR) is 80.4 cm³/mol. The molecular weight excluding hydrogens is 284 g/mol. The average molecular weight is 303 g/mol. The molecule has 0 aromatic heterocycles. The van der Waals surface area contributed by atoms with E-state index in [1.807, 2.05) is 7.05 Å². The van der Waals surface area contributed by atoms with Crippen LogP contribution in [0.5, 0.6) is 0 Å². The van der Waals surface area contributed by atoms with Crippen LogP contribution in [0.1, 0.15) is 6.42 Å². The molecule has 0 unspecified atom stereocenters. The third-order valence-corrected chi connectivity index (χ3v) is 2.47. The van der Waals surface area contributed by atoms with Crippen molar-refractivity contribution < 1.29 is 9.72 Å². The van der Waals surface area contributed by atoms with Crippen molar-refractivity contribution in [2.45, 2.75) is 6.42 Å². The molecule has 0 atom stereocenters. The number of para-hydroxylation sites is 2. The van der Waals surface area contributed by atoms with Gasteiger partial charge in [0.15, 0.2) is 0 Å². The molecule has 8 heteroatoms. The van der Waals surface area contributed by atoms with Crippen LogP contribution in [0, 0.1) is 10.1 Å². The Morgan fingerprint density at radius 2 is 2.00 bits per heavy atom. The number of carbonyl (C=O) groups is 1. The molecule has 3 N–H and O–H groups in total. The van der Waals surface area contributed by atoms with Crippen molar-refractivity contribution in [2.75, 3.05) is 32.0 Å². The molecule has 7 nitrogen and oxygen atoms in total. The zero-order chi connectivity index (χ0) is 14.1. The third-order valence-electron chi connectivity index (χ3n) is 2.47. The molecule has 0 saturated heterocycles. The largest absolute Gasteiger partial charge is 0.371 e. The summed E-state index contributed by atoms with van der Waals surface area (Å²) in [7, 11) is 1.85. The summed E-state index contributed by atoms with van der Waals surface area (Å²) in [5, 5.41) is 19.2. The highest BCUT2D eigenvalue weighted by atomic mass is 35.5. The first-order chi connectivity index (χ1) is 9.15. The van der Waals surface area contributed by atoms with Crippen molar-refractivity contribution in [3.8, 4) is 0 Å². The van der Waals surface area contributed by atoms with Gasteiger partial charge in [0.05, 0.1) is 11.5 Å². The third kappa shape index (κ3) is 6.35. The second-order valence-electron chi connectivity index (χ2n) is 3.93. The highest BCUT2D eigenvalue weighted by Crippen LogP contribution is 2.22. The van der Waals surface area contributed by atoms with E-state index in [0.717, 1.165) is 13.0 Å². The standard InChI is InChI=1S/C12H18N4O3.ClH/c1-13-7-4-8-14-12(17)9-15-10-5-2-3-6-11(10)16(18)19;/h2-3,5-6,13,15H,4,7-9H2,1H3,(H,14,17);1H. The van der Waals surface area contributed by atoms with Gasteiger partial charge in [-0.1, -0.05) is 12.1 Å². The quantitative estimate of drug-likeness (QED) is 0.380. The van der Waals surface area contributed by atoms with Gasteiger partial charge in [-0.3, -0.25) is 14.9 Å². The predicted octanol–water partition coefficient (Wildman–Crippen LogP) is 1.15. The number of hydrogen-bond acceptors (Lipinski definition) is 5. The number of nitrogens with one attached hydrogen (secondary N) is 3. The molecule has 0 radical (unpaired) electrons. The van der Waals surface area contributed by atoms with Crippen molar-refractivity contribution in [3.63, 3.8) is 0 Å². The Hall–Kier alpha value is -1.86. The summed E-state index contributed by atoms with van der Waals surface area (Å²) < 4.78 is 0. The van der Waals surface area contributed by atoms with E-state index in [-0.39, 0.29) is 30.5 Å². The normalized spacial score (nSPS) is 9.45. The van der Waals surface area contributed by atoms with Crippen LogP contribution in [-0.2, 0) is 4.79 Å². The number of rotatable bonds is 8. The molecule has 0 heterocycles. The van der Waals surface area contributed by atoms with E-state index in [0.29, 0.717) is 12.2 Å². The Labute approximate surface area is 123 Å². The smallest absolute Gasteiger partial charge is 0.292 e. The molecule has 0 spiro atoms. The SMILES string of the molecule is CNCCCNC(=O)CNc1ccccc1[N+](=O)[O-].Cl. The first kappa shape index (κ1) is 18.1. The van der Waals surface area contributed by atoms with Gasteiger partial charge in [0.25, 0.3) is 5.69 Å². The van der Waals surface area contributed by atoms with Crippen molar-refractivity contribution in [1.29, 1.82) is 0 Å². The fourth-order valence-corrected chi connectivity index (χ4v) is 1.51. The zero-order valence-electron chi connectivity index (χ0n) is 11.2. The molecule has 1 aromatic carbocycles. The summed E-state index contributed by atoms with van der Waals surface area (Å²) in [4.78, 5) is 21.8. The Kier molecular flexibility index (Phi) is 9.06. The van der Waals surface area contributed by atoms with Crippen molar-refractivity contribution in [1.82, 2.24) is 10.6 Å². The molecule has 1 amide bonds. The number of nitrogens with zero attached hydrogens (tertiary/aromatic N) is 1. The number of halogens is 1. The summed E-state index contributed by atoms with van der Waals surface area (Å²) in [5.41, 5.74) is 0.309. The molecular formula is C12H19ClN4O3. The molecule has 0 aliphatic rings. The van der Waals surface area contributed by atoms with Gasteiger partial charge in [-0.15, -0.1) is 12.4 Å². The summed E-state index contributed by atoms with van der Waals surface area (Å²) in [6.45, 7) is 1.43. The minimum Gasteiger partial charge on any atom is -0.371 e. The first-order valence-electron chi connectivity index (χ1n) is 6.03. The van der Waals surface area contributed by atoms with Gasteiger partial charge in [-0.05, 0) is 26.1 Å². The van der Waals surface area contributed by atoms with Gasteiger partial charge < -0.3 is 16.0 Å². The van der Waals surface area contributed by atoms with Crippen LogP contribution < -0.4 is 16.0 Å². The maximum absolute atomic E-state index is 11.5. The van der Waals surface area contributed by atoms with E-state index < -0.39 is 4.92 Å². The van der Waals surface area contributed by atoms with Crippen LogP contribution in [0.4, 0.5) is 11.4 Å². The molecule has 0 saturated carbocycles. The van der Waals surface area contributed by atoms with E-state index in [2.05, 4.69) is 16.0 Å². The number of amides is 1. The van der Waals surface area contributed by atoms with E-state index in [9.17, 15) is 14.9 Å². The van der Waals surface area contributed by atoms with Gasteiger partial charge in [0.1, 0.15) is 5.69 Å². The Bertz CT molecular complexity index is 442. The summed E-state index contributed by atoms with van der Waals surface area (Å²) in [5.74, 6) is -0.186. The minimum absolute atomic E-state index is 0. The lowest BCUT2D eigenvalue weighted by atomic mass is 10.2. The lowest BCUT2D eigenvalue weighted by Crippen LogP contribution is -2.31. The Morgan fingerprint density at radius 3 is 2.65 bits per heavy atom. The molecule has 0 aliphatic carbocycles. The summed E-state index contributed by atoms with van der Waals surface area (Å²) >= 11 is 0. The molecule has 112 valence electrons. The van der Waals surface area contributed by atoms with E-state index >= 15 is 0 Å². The van der Waals surface area contributed by atoms with Crippen molar-refractivity contribution >= 4 is 29.7 Å². The lowest BCUT2D eigenvalue weighted by molar-refractivity contribution is -0.383. The molecule has 20 heavy (non-hydrogen) atoms. The van der Waals surface area contributed by atoms with Crippen molar-refractivity contribution in [2.24, 2.45) is 0 Å². The number of nitro benzene ring substituents is 1. The highest BCUT2D eigenvalue weighted by molar-refractivity contribution is 5.85. The van der Waals surface area contributed by atoms with E-state index in [4.69, 9.17) is 0 Å². The molecule has 0 bridgehead atoms. The van der Waals surface area contributed by atoms with Gasteiger partial charge in [0, 0.05) is 12.6 Å². The van der Waals surface area contributed by atoms with Crippen LogP contribution >= 0.6 is 12.4 Å². The maximum atomic E-state index is 11.5. The molecule has 0 fully saturated rings. The number of nitro groups is 1. The topological polar surface area (TPSA) is 96.3 Å². The molecule has 1 aromatic rings. The summed E-state index contributed by atoms with van der Waals surface area (Å²) in [6, 6.07) is 6.24. The highest BCUT2D eigenvalue weighted by Gasteiger charge is 2.12. The first-order valence-corrected chi connectivity index (χ1v) is 6.03. The van der Waals surface area contributed by atoms with Gasteiger partial charge >= 0.3 is 0 Å². The second-order valence-corrected chi connectivity index (χ2v) is 3.93. The van der Waals surface area contributed by atoms with Crippen LogP contribution in [0.15, 0.2) is 24.3 Å². The Morgan fingerprint density at radius 1 is 1.30 bits per heavy atom. The zero-order valence-corrected chi connectivity index (χ0v) is 12.0. The van der Waals surface area contributed by atoms with Crippen LogP contribution in [0.25, 0.3) is 0 Å². The van der Waals surface area contributed by atoms with Gasteiger partial charge in [-0.2, -0.15) is 0 Å². The number of anilines is 1. The summed E-state index contributed by atoms with van der Waals surface area (Å²) in [6.07, 6.45) is 0.841. The number of benzene rings is 1. The maximum Gasteiger partial charge on any atom is 0.292 e. The minimum atomic E-state index is -0.479. The van der Waals surface area contributed by atoms with Gasteiger partial charge in [-0.25, -0.2) is 0 Å². The fraction of sp³-hybridized carbons (Fsp3) is 0.417. The Balaban J connectivity index is 0.00000361. The number of carbonyl (C=O) groups excluding carboxylic acids is 1. The van der Waals surface area contributed by atoms with Crippen LogP contribution in [0.3, 0.4) is 0 Å². The van der Waals surface area contributed by atoms with Crippen molar-refractivity contribution in [3.05, 3.63) is 34.4 Å². The van der Waals surface area contributed by atoms with Crippen LogP contribution in [0.2, 0.25) is 0 Å². The monoisotopic (exact) mass is 302 g/mol. The number of hydrogen-bond donors (Lipinski definition) is 3. The average Bonchev–Trinajstić information content (AvgIpc) is 2.41. The van der Waals surface area contributed by atoms with E-state index in [1.54, 1.807) is 18.2 Å². The fourth-order valence-electron chi connectivity index (χ4n) is 1.51. The second kappa shape index (κ2) is 9.99.